The van der Waals surface area contributed by atoms with Gasteiger partial charge in [0.1, 0.15) is 5.75 Å². The highest BCUT2D eigenvalue weighted by Gasteiger charge is 2.24. The summed E-state index contributed by atoms with van der Waals surface area (Å²) in [5, 5.41) is 7.44. The Labute approximate surface area is 77.2 Å². The van der Waals surface area contributed by atoms with Gasteiger partial charge in [-0.3, -0.25) is 4.79 Å². The van der Waals surface area contributed by atoms with Crippen molar-refractivity contribution in [2.24, 2.45) is 0 Å². The summed E-state index contributed by atoms with van der Waals surface area (Å²) in [5.41, 5.74) is 0. The molecule has 0 aliphatic heterocycles. The van der Waals surface area contributed by atoms with Crippen molar-refractivity contribution in [3.05, 3.63) is 0 Å². The number of hydrogen-bond acceptors (Lipinski definition) is 5. The fraction of sp³-hybridized carbons (Fsp3) is 0.714. The van der Waals surface area contributed by atoms with Crippen LogP contribution in [0.1, 0.15) is 13.3 Å². The van der Waals surface area contributed by atoms with Gasteiger partial charge in [0.2, 0.25) is 0 Å². The molecule has 0 aromatic carbocycles. The Morgan fingerprint density at radius 2 is 2.15 bits per heavy atom. The van der Waals surface area contributed by atoms with Gasteiger partial charge in [0.05, 0.1) is 24.8 Å². The number of nitrogens with zero attached hydrogens (tertiary/aromatic N) is 1. The van der Waals surface area contributed by atoms with E-state index in [1.165, 1.54) is 6.92 Å². The molecule has 5 nitrogen and oxygen atoms in total. The molecule has 0 saturated carbocycles. The predicted molar refractivity (Wildman–Crippen MR) is 45.5 cm³/mol. The molecular formula is C7H11NO4S. The smallest absolute Gasteiger partial charge is 0.320 e. The fourth-order valence-corrected chi connectivity index (χ4v) is 1.68. The molecular weight excluding hydrogens is 194 g/mol. The fourth-order valence-electron chi connectivity index (χ4n) is 0.621. The third-order valence-corrected chi connectivity index (χ3v) is 3.57. The Morgan fingerprint density at radius 3 is 2.54 bits per heavy atom. The summed E-state index contributed by atoms with van der Waals surface area (Å²) >= 11 is 0. The van der Waals surface area contributed by atoms with Crippen LogP contribution in [0.15, 0.2) is 0 Å². The molecule has 0 spiro atoms. The quantitative estimate of drug-likeness (QED) is 0.597. The second kappa shape index (κ2) is 4.82. The summed E-state index contributed by atoms with van der Waals surface area (Å²) in [6, 6.07) is 1.73. The van der Waals surface area contributed by atoms with Crippen molar-refractivity contribution in [1.82, 2.24) is 0 Å². The molecule has 0 saturated heterocycles. The van der Waals surface area contributed by atoms with Gasteiger partial charge in [0.15, 0.2) is 9.84 Å². The highest BCUT2D eigenvalue weighted by Crippen LogP contribution is 2.05. The predicted octanol–water partition coefficient (Wildman–Crippen LogP) is -0.124. The summed E-state index contributed by atoms with van der Waals surface area (Å²) in [6.07, 6.45) is -0.112. The van der Waals surface area contributed by atoms with E-state index in [0.29, 0.717) is 0 Å². The first-order valence-corrected chi connectivity index (χ1v) is 5.31. The average molecular weight is 205 g/mol. The molecule has 0 fully saturated rings. The Balaban J connectivity index is 4.42. The van der Waals surface area contributed by atoms with E-state index in [1.54, 1.807) is 6.07 Å². The normalized spacial score (nSPS) is 13.0. The summed E-state index contributed by atoms with van der Waals surface area (Å²) in [5.74, 6) is -1.46. The lowest BCUT2D eigenvalue weighted by Crippen LogP contribution is -2.26. The molecule has 0 aliphatic carbocycles. The SMILES string of the molecule is COC(=O)CS(=O)(=O)C(C)CC#N. The maximum absolute atomic E-state index is 11.2. The number of hydrogen-bond donors (Lipinski definition) is 0. The summed E-state index contributed by atoms with van der Waals surface area (Å²) < 4.78 is 26.7. The molecule has 74 valence electrons. The molecule has 0 N–H and O–H groups in total. The third kappa shape index (κ3) is 3.90. The second-order valence-electron chi connectivity index (χ2n) is 2.56. The number of carbonyl (C=O) groups is 1. The molecule has 0 amide bonds. The molecule has 1 atom stereocenters. The van der Waals surface area contributed by atoms with Gasteiger partial charge >= 0.3 is 5.97 Å². The minimum atomic E-state index is -3.53. The molecule has 1 unspecified atom stereocenters. The monoisotopic (exact) mass is 205 g/mol. The van der Waals surface area contributed by atoms with Crippen LogP contribution in [0.4, 0.5) is 0 Å². The number of nitriles is 1. The van der Waals surface area contributed by atoms with Gasteiger partial charge in [-0.25, -0.2) is 8.42 Å². The van der Waals surface area contributed by atoms with Crippen LogP contribution in [0.2, 0.25) is 0 Å². The van der Waals surface area contributed by atoms with Crippen LogP contribution in [0.5, 0.6) is 0 Å². The zero-order valence-corrected chi connectivity index (χ0v) is 8.30. The van der Waals surface area contributed by atoms with E-state index in [4.69, 9.17) is 5.26 Å². The zero-order valence-electron chi connectivity index (χ0n) is 7.48. The van der Waals surface area contributed by atoms with Crippen molar-refractivity contribution in [1.29, 1.82) is 5.26 Å². The molecule has 0 rings (SSSR count). The van der Waals surface area contributed by atoms with Crippen molar-refractivity contribution >= 4 is 15.8 Å². The van der Waals surface area contributed by atoms with Crippen molar-refractivity contribution in [3.63, 3.8) is 0 Å². The Kier molecular flexibility index (Phi) is 4.42. The van der Waals surface area contributed by atoms with Crippen LogP contribution < -0.4 is 0 Å². The van der Waals surface area contributed by atoms with Gasteiger partial charge in [-0.05, 0) is 6.92 Å². The van der Waals surface area contributed by atoms with Gasteiger partial charge in [0, 0.05) is 0 Å². The molecule has 0 aliphatic rings. The van der Waals surface area contributed by atoms with Crippen molar-refractivity contribution < 1.29 is 17.9 Å². The lowest BCUT2D eigenvalue weighted by Gasteiger charge is -2.07. The lowest BCUT2D eigenvalue weighted by molar-refractivity contribution is -0.137. The number of sulfone groups is 1. The number of esters is 1. The van der Waals surface area contributed by atoms with E-state index < -0.39 is 26.8 Å². The first-order valence-electron chi connectivity index (χ1n) is 3.59. The molecule has 0 radical (unpaired) electrons. The zero-order chi connectivity index (χ0) is 10.5. The Hall–Kier alpha value is -1.09. The maximum Gasteiger partial charge on any atom is 0.320 e. The lowest BCUT2D eigenvalue weighted by atomic mass is 10.4. The van der Waals surface area contributed by atoms with E-state index in [-0.39, 0.29) is 6.42 Å². The number of rotatable bonds is 4. The van der Waals surface area contributed by atoms with E-state index in [2.05, 4.69) is 4.74 Å². The molecule has 0 bridgehead atoms. The van der Waals surface area contributed by atoms with Gasteiger partial charge in [-0.1, -0.05) is 0 Å². The highest BCUT2D eigenvalue weighted by atomic mass is 32.2. The van der Waals surface area contributed by atoms with Crippen molar-refractivity contribution in [2.75, 3.05) is 12.9 Å². The van der Waals surface area contributed by atoms with Gasteiger partial charge in [-0.2, -0.15) is 5.26 Å². The Morgan fingerprint density at radius 1 is 1.62 bits per heavy atom. The topological polar surface area (TPSA) is 84.2 Å². The third-order valence-electron chi connectivity index (χ3n) is 1.54. The highest BCUT2D eigenvalue weighted by molar-refractivity contribution is 7.92. The largest absolute Gasteiger partial charge is 0.468 e. The van der Waals surface area contributed by atoms with Crippen LogP contribution in [-0.4, -0.2) is 32.5 Å². The van der Waals surface area contributed by atoms with Crippen LogP contribution in [0.25, 0.3) is 0 Å². The standard InChI is InChI=1S/C7H11NO4S/c1-6(3-4-8)13(10,11)5-7(9)12-2/h6H,3,5H2,1-2H3. The van der Waals surface area contributed by atoms with E-state index in [9.17, 15) is 13.2 Å². The second-order valence-corrected chi connectivity index (χ2v) is 4.98. The molecule has 6 heteroatoms. The molecule has 0 heterocycles. The van der Waals surface area contributed by atoms with Crippen LogP contribution in [0.3, 0.4) is 0 Å². The van der Waals surface area contributed by atoms with Gasteiger partial charge < -0.3 is 4.74 Å². The number of carbonyl (C=O) groups excluding carboxylic acids is 1. The summed E-state index contributed by atoms with van der Waals surface area (Å²) in [7, 11) is -2.41. The van der Waals surface area contributed by atoms with Crippen LogP contribution >= 0.6 is 0 Å². The molecule has 13 heavy (non-hydrogen) atoms. The van der Waals surface area contributed by atoms with Crippen molar-refractivity contribution in [2.45, 2.75) is 18.6 Å². The Bertz CT molecular complexity index is 314. The first kappa shape index (κ1) is 11.9. The minimum Gasteiger partial charge on any atom is -0.468 e. The van der Waals surface area contributed by atoms with Crippen molar-refractivity contribution in [3.8, 4) is 6.07 Å². The van der Waals surface area contributed by atoms with Gasteiger partial charge in [-0.15, -0.1) is 0 Å². The van der Waals surface area contributed by atoms with Crippen LogP contribution in [-0.2, 0) is 19.4 Å². The molecule has 0 aromatic heterocycles. The van der Waals surface area contributed by atoms with Crippen LogP contribution in [0, 0.1) is 11.3 Å². The average Bonchev–Trinajstić information content (AvgIpc) is 2.04. The minimum absolute atomic E-state index is 0.112. The molecule has 0 aromatic rings. The van der Waals surface area contributed by atoms with E-state index >= 15 is 0 Å². The maximum atomic E-state index is 11.2. The van der Waals surface area contributed by atoms with Gasteiger partial charge in [0.25, 0.3) is 0 Å². The van der Waals surface area contributed by atoms with E-state index in [1.807, 2.05) is 0 Å². The first-order chi connectivity index (χ1) is 5.94. The van der Waals surface area contributed by atoms with E-state index in [0.717, 1.165) is 7.11 Å². The number of ether oxygens (including phenoxy) is 1. The number of methoxy groups -OCH3 is 1. The summed E-state index contributed by atoms with van der Waals surface area (Å²) in [6.45, 7) is 1.39. The summed E-state index contributed by atoms with van der Waals surface area (Å²) in [4.78, 5) is 10.7.